The van der Waals surface area contributed by atoms with Gasteiger partial charge in [0.15, 0.2) is 0 Å². The average molecular weight is 258 g/mol. The molecule has 3 N–H and O–H groups in total. The molecule has 0 fully saturated rings. The Bertz CT molecular complexity index is 546. The number of fused-ring (bicyclic) bond motifs is 1. The van der Waals surface area contributed by atoms with Gasteiger partial charge in [-0.1, -0.05) is 42.5 Å². The summed E-state index contributed by atoms with van der Waals surface area (Å²) in [4.78, 5) is 0. The zero-order chi connectivity index (χ0) is 13.9. The molecule has 0 aliphatic heterocycles. The van der Waals surface area contributed by atoms with Crippen LogP contribution in [-0.2, 0) is 11.2 Å². The van der Waals surface area contributed by atoms with E-state index in [-0.39, 0.29) is 11.6 Å². The summed E-state index contributed by atoms with van der Waals surface area (Å²) in [5.41, 5.74) is 3.85. The van der Waals surface area contributed by atoms with E-state index in [0.717, 1.165) is 6.42 Å². The van der Waals surface area contributed by atoms with Crippen LogP contribution in [0.3, 0.4) is 0 Å². The summed E-state index contributed by atoms with van der Waals surface area (Å²) in [5, 5.41) is 2.53. The number of methoxy groups -OCH3 is 1. The molecule has 0 aromatic heterocycles. The van der Waals surface area contributed by atoms with Crippen LogP contribution in [0.4, 0.5) is 0 Å². The summed E-state index contributed by atoms with van der Waals surface area (Å²) in [5.74, 6) is 5.70. The topological polar surface area (TPSA) is 47.3 Å². The van der Waals surface area contributed by atoms with Gasteiger partial charge in [0.25, 0.3) is 0 Å². The molecule has 2 aromatic carbocycles. The van der Waals surface area contributed by atoms with Gasteiger partial charge in [-0.05, 0) is 36.6 Å². The van der Waals surface area contributed by atoms with Crippen molar-refractivity contribution in [3.63, 3.8) is 0 Å². The van der Waals surface area contributed by atoms with Crippen molar-refractivity contribution in [1.82, 2.24) is 5.43 Å². The third-order valence-corrected chi connectivity index (χ3v) is 3.87. The standard InChI is InChI=1S/C16H22N2O/c1-16(2,19-3)15(18-17)11-13-9-6-8-12-7-4-5-10-14(12)13/h4-10,15,18H,11,17H2,1-3H3. The summed E-state index contributed by atoms with van der Waals surface area (Å²) >= 11 is 0. The van der Waals surface area contributed by atoms with Crippen LogP contribution in [0.2, 0.25) is 0 Å². The van der Waals surface area contributed by atoms with E-state index in [2.05, 4.69) is 47.9 Å². The van der Waals surface area contributed by atoms with E-state index in [1.54, 1.807) is 7.11 Å². The van der Waals surface area contributed by atoms with Crippen LogP contribution in [0, 0.1) is 0 Å². The number of rotatable bonds is 5. The van der Waals surface area contributed by atoms with Gasteiger partial charge in [-0.2, -0.15) is 0 Å². The highest BCUT2D eigenvalue weighted by atomic mass is 16.5. The molecular weight excluding hydrogens is 236 g/mol. The molecular formula is C16H22N2O. The molecule has 2 aromatic rings. The number of ether oxygens (including phenoxy) is 1. The van der Waals surface area contributed by atoms with Crippen LogP contribution in [0.1, 0.15) is 19.4 Å². The van der Waals surface area contributed by atoms with Crippen molar-refractivity contribution in [2.75, 3.05) is 7.11 Å². The lowest BCUT2D eigenvalue weighted by atomic mass is 9.90. The van der Waals surface area contributed by atoms with E-state index < -0.39 is 0 Å². The lowest BCUT2D eigenvalue weighted by molar-refractivity contribution is -0.00997. The van der Waals surface area contributed by atoms with Crippen molar-refractivity contribution < 1.29 is 4.74 Å². The van der Waals surface area contributed by atoms with Crippen molar-refractivity contribution in [3.8, 4) is 0 Å². The molecule has 3 heteroatoms. The highest BCUT2D eigenvalue weighted by molar-refractivity contribution is 5.85. The van der Waals surface area contributed by atoms with E-state index in [4.69, 9.17) is 10.6 Å². The van der Waals surface area contributed by atoms with Crippen LogP contribution in [0.15, 0.2) is 42.5 Å². The second-order valence-electron chi connectivity index (χ2n) is 5.37. The predicted molar refractivity (Wildman–Crippen MR) is 79.9 cm³/mol. The van der Waals surface area contributed by atoms with E-state index in [0.29, 0.717) is 0 Å². The minimum atomic E-state index is -0.314. The molecule has 2 rings (SSSR count). The van der Waals surface area contributed by atoms with Crippen molar-refractivity contribution in [3.05, 3.63) is 48.0 Å². The molecule has 102 valence electrons. The Morgan fingerprint density at radius 1 is 1.16 bits per heavy atom. The van der Waals surface area contributed by atoms with Gasteiger partial charge in [0.1, 0.15) is 0 Å². The Labute approximate surface area is 114 Å². The quantitative estimate of drug-likeness (QED) is 0.640. The second kappa shape index (κ2) is 5.70. The molecule has 0 bridgehead atoms. The van der Waals surface area contributed by atoms with Gasteiger partial charge in [-0.3, -0.25) is 11.3 Å². The molecule has 19 heavy (non-hydrogen) atoms. The van der Waals surface area contributed by atoms with Gasteiger partial charge in [-0.25, -0.2) is 0 Å². The second-order valence-corrected chi connectivity index (χ2v) is 5.37. The molecule has 0 spiro atoms. The molecule has 0 amide bonds. The Kier molecular flexibility index (Phi) is 4.20. The molecule has 0 saturated heterocycles. The molecule has 0 aliphatic rings. The number of hydrogen-bond acceptors (Lipinski definition) is 3. The lowest BCUT2D eigenvalue weighted by Crippen LogP contribution is -2.52. The number of benzene rings is 2. The van der Waals surface area contributed by atoms with Crippen molar-refractivity contribution in [2.45, 2.75) is 31.9 Å². The fourth-order valence-corrected chi connectivity index (χ4v) is 2.34. The van der Waals surface area contributed by atoms with E-state index >= 15 is 0 Å². The Balaban J connectivity index is 2.35. The maximum Gasteiger partial charge on any atom is 0.0791 e. The number of hydrogen-bond donors (Lipinski definition) is 2. The van der Waals surface area contributed by atoms with E-state index in [1.165, 1.54) is 16.3 Å². The SMILES string of the molecule is COC(C)(C)C(Cc1cccc2ccccc12)NN. The third-order valence-electron chi connectivity index (χ3n) is 3.87. The van der Waals surface area contributed by atoms with Crippen molar-refractivity contribution >= 4 is 10.8 Å². The first-order valence-electron chi connectivity index (χ1n) is 6.56. The minimum Gasteiger partial charge on any atom is -0.377 e. The number of hydrazine groups is 1. The molecule has 1 unspecified atom stereocenters. The normalized spacial score (nSPS) is 13.7. The fraction of sp³-hybridized carbons (Fsp3) is 0.375. The van der Waals surface area contributed by atoms with Gasteiger partial charge in [0.2, 0.25) is 0 Å². The summed E-state index contributed by atoms with van der Waals surface area (Å²) in [6, 6.07) is 14.8. The summed E-state index contributed by atoms with van der Waals surface area (Å²) in [6.45, 7) is 4.09. The first kappa shape index (κ1) is 14.0. The Hall–Kier alpha value is -1.42. The van der Waals surface area contributed by atoms with Crippen LogP contribution < -0.4 is 11.3 Å². The Morgan fingerprint density at radius 3 is 2.53 bits per heavy atom. The highest BCUT2D eigenvalue weighted by Gasteiger charge is 2.28. The van der Waals surface area contributed by atoms with Gasteiger partial charge in [0, 0.05) is 7.11 Å². The van der Waals surface area contributed by atoms with Gasteiger partial charge in [0.05, 0.1) is 11.6 Å². The predicted octanol–water partition coefficient (Wildman–Crippen LogP) is 2.64. The molecule has 0 heterocycles. The zero-order valence-electron chi connectivity index (χ0n) is 11.8. The zero-order valence-corrected chi connectivity index (χ0v) is 11.8. The first-order valence-corrected chi connectivity index (χ1v) is 6.56. The van der Waals surface area contributed by atoms with Crippen LogP contribution >= 0.6 is 0 Å². The third kappa shape index (κ3) is 2.95. The highest BCUT2D eigenvalue weighted by Crippen LogP contribution is 2.23. The fourth-order valence-electron chi connectivity index (χ4n) is 2.34. The Morgan fingerprint density at radius 2 is 1.84 bits per heavy atom. The number of nitrogens with one attached hydrogen (secondary N) is 1. The average Bonchev–Trinajstić information content (AvgIpc) is 2.44. The first-order chi connectivity index (χ1) is 9.08. The largest absolute Gasteiger partial charge is 0.377 e. The monoisotopic (exact) mass is 258 g/mol. The summed E-state index contributed by atoms with van der Waals surface area (Å²) in [6.07, 6.45) is 0.832. The summed E-state index contributed by atoms with van der Waals surface area (Å²) < 4.78 is 5.53. The molecule has 0 radical (unpaired) electrons. The molecule has 0 aliphatic carbocycles. The smallest absolute Gasteiger partial charge is 0.0791 e. The van der Waals surface area contributed by atoms with E-state index in [9.17, 15) is 0 Å². The summed E-state index contributed by atoms with van der Waals surface area (Å²) in [7, 11) is 1.72. The molecule has 0 saturated carbocycles. The molecule has 3 nitrogen and oxygen atoms in total. The molecule has 1 atom stereocenters. The van der Waals surface area contributed by atoms with Crippen molar-refractivity contribution in [1.29, 1.82) is 0 Å². The number of nitrogens with two attached hydrogens (primary N) is 1. The maximum absolute atomic E-state index is 5.70. The van der Waals surface area contributed by atoms with Gasteiger partial charge >= 0.3 is 0 Å². The van der Waals surface area contributed by atoms with Crippen LogP contribution in [0.25, 0.3) is 10.8 Å². The van der Waals surface area contributed by atoms with Gasteiger partial charge < -0.3 is 4.74 Å². The van der Waals surface area contributed by atoms with Crippen LogP contribution in [-0.4, -0.2) is 18.8 Å². The maximum atomic E-state index is 5.70. The lowest BCUT2D eigenvalue weighted by Gasteiger charge is -2.32. The minimum absolute atomic E-state index is 0.0586. The van der Waals surface area contributed by atoms with E-state index in [1.807, 2.05) is 13.8 Å². The van der Waals surface area contributed by atoms with Crippen LogP contribution in [0.5, 0.6) is 0 Å². The van der Waals surface area contributed by atoms with Gasteiger partial charge in [-0.15, -0.1) is 0 Å². The van der Waals surface area contributed by atoms with Crippen molar-refractivity contribution in [2.24, 2.45) is 5.84 Å².